The van der Waals surface area contributed by atoms with Crippen LogP contribution < -0.4 is 4.90 Å². The Balaban J connectivity index is 2.09. The van der Waals surface area contributed by atoms with Crippen LogP contribution in [0.15, 0.2) is 23.1 Å². The maximum Gasteiger partial charge on any atom is 0.345 e. The molecular weight excluding hydrogens is 246 g/mol. The number of carbonyl (C=O) groups is 1. The Morgan fingerprint density at radius 3 is 2.61 bits per heavy atom. The largest absolute Gasteiger partial charge is 0.477 e. The average molecular weight is 265 g/mol. The summed E-state index contributed by atoms with van der Waals surface area (Å²) in [5, 5.41) is 10.9. The van der Waals surface area contributed by atoms with Crippen molar-refractivity contribution in [3.8, 4) is 0 Å². The van der Waals surface area contributed by atoms with Crippen LogP contribution in [0, 0.1) is 5.41 Å². The van der Waals surface area contributed by atoms with E-state index in [1.165, 1.54) is 16.9 Å². The summed E-state index contributed by atoms with van der Waals surface area (Å²) in [5.74, 6) is -0.839. The van der Waals surface area contributed by atoms with Crippen LogP contribution in [0.5, 0.6) is 0 Å². The lowest BCUT2D eigenvalue weighted by molar-refractivity contribution is 0.0702. The summed E-state index contributed by atoms with van der Waals surface area (Å²) in [7, 11) is 0. The molecule has 1 aliphatic rings. The molecule has 0 saturated heterocycles. The zero-order chi connectivity index (χ0) is 13.3. The summed E-state index contributed by atoms with van der Waals surface area (Å²) in [6.45, 7) is 8.56. The number of carboxylic acids is 1. The number of anilines is 1. The lowest BCUT2D eigenvalue weighted by atomic mass is 9.83. The summed E-state index contributed by atoms with van der Waals surface area (Å²) in [6, 6.07) is 1.77. The normalized spacial score (nSPS) is 16.6. The standard InChI is InChI=1S/C14H19NO2S/c1-14(2,3)10-4-6-15(7-5-10)11-8-12(13(16)17)18-9-11/h4,8-9H,5-7H2,1-3H3,(H,16,17). The van der Waals surface area contributed by atoms with Gasteiger partial charge in [0.25, 0.3) is 0 Å². The van der Waals surface area contributed by atoms with Crippen molar-refractivity contribution in [1.82, 2.24) is 0 Å². The van der Waals surface area contributed by atoms with Gasteiger partial charge in [0.1, 0.15) is 4.88 Å². The first-order chi connectivity index (χ1) is 8.38. The van der Waals surface area contributed by atoms with Gasteiger partial charge in [-0.2, -0.15) is 0 Å². The van der Waals surface area contributed by atoms with Gasteiger partial charge >= 0.3 is 5.97 Å². The number of hydrogen-bond donors (Lipinski definition) is 1. The number of aromatic carboxylic acids is 1. The number of hydrogen-bond acceptors (Lipinski definition) is 3. The molecule has 0 atom stereocenters. The fourth-order valence-electron chi connectivity index (χ4n) is 2.19. The van der Waals surface area contributed by atoms with Crippen molar-refractivity contribution in [3.05, 3.63) is 28.0 Å². The molecule has 0 aromatic carbocycles. The minimum Gasteiger partial charge on any atom is -0.477 e. The molecule has 0 fully saturated rings. The molecule has 0 aliphatic carbocycles. The van der Waals surface area contributed by atoms with Gasteiger partial charge in [0, 0.05) is 24.2 Å². The second-order valence-corrected chi connectivity index (χ2v) is 6.56. The van der Waals surface area contributed by atoms with Gasteiger partial charge in [-0.1, -0.05) is 32.4 Å². The molecule has 2 rings (SSSR count). The van der Waals surface area contributed by atoms with Crippen LogP contribution in [-0.4, -0.2) is 24.2 Å². The number of thiophene rings is 1. The highest BCUT2D eigenvalue weighted by Gasteiger charge is 2.22. The molecule has 0 amide bonds. The van der Waals surface area contributed by atoms with Crippen LogP contribution in [0.4, 0.5) is 5.69 Å². The van der Waals surface area contributed by atoms with E-state index in [2.05, 4.69) is 31.7 Å². The second kappa shape index (κ2) is 4.76. The Kier molecular flexibility index (Phi) is 3.48. The van der Waals surface area contributed by atoms with Crippen molar-refractivity contribution in [2.45, 2.75) is 27.2 Å². The van der Waals surface area contributed by atoms with E-state index in [9.17, 15) is 4.79 Å². The van der Waals surface area contributed by atoms with E-state index in [1.807, 2.05) is 5.38 Å². The lowest BCUT2D eigenvalue weighted by Gasteiger charge is -2.32. The molecule has 3 nitrogen and oxygen atoms in total. The van der Waals surface area contributed by atoms with E-state index in [0.29, 0.717) is 4.88 Å². The molecule has 1 aliphatic heterocycles. The van der Waals surface area contributed by atoms with Gasteiger partial charge in [-0.05, 0) is 17.9 Å². The topological polar surface area (TPSA) is 40.5 Å². The predicted octanol–water partition coefficient (Wildman–Crippen LogP) is 3.63. The SMILES string of the molecule is CC(C)(C)C1=CCN(c2csc(C(=O)O)c2)CC1. The van der Waals surface area contributed by atoms with Crippen molar-refractivity contribution in [2.75, 3.05) is 18.0 Å². The minimum atomic E-state index is -0.839. The van der Waals surface area contributed by atoms with E-state index < -0.39 is 5.97 Å². The van der Waals surface area contributed by atoms with Crippen LogP contribution in [-0.2, 0) is 0 Å². The van der Waals surface area contributed by atoms with Gasteiger partial charge in [0.05, 0.1) is 0 Å². The van der Waals surface area contributed by atoms with Crippen LogP contribution in [0.2, 0.25) is 0 Å². The summed E-state index contributed by atoms with van der Waals surface area (Å²) in [4.78, 5) is 13.5. The van der Waals surface area contributed by atoms with Gasteiger partial charge in [-0.3, -0.25) is 0 Å². The van der Waals surface area contributed by atoms with Crippen molar-refractivity contribution in [2.24, 2.45) is 5.41 Å². The van der Waals surface area contributed by atoms with E-state index in [1.54, 1.807) is 6.07 Å². The van der Waals surface area contributed by atoms with E-state index in [-0.39, 0.29) is 5.41 Å². The van der Waals surface area contributed by atoms with Crippen LogP contribution in [0.1, 0.15) is 36.9 Å². The third kappa shape index (κ3) is 2.75. The van der Waals surface area contributed by atoms with E-state index >= 15 is 0 Å². The molecule has 1 aromatic heterocycles. The molecule has 18 heavy (non-hydrogen) atoms. The summed E-state index contributed by atoms with van der Waals surface area (Å²) < 4.78 is 0. The monoisotopic (exact) mass is 265 g/mol. The van der Waals surface area contributed by atoms with Crippen LogP contribution in [0.3, 0.4) is 0 Å². The maximum atomic E-state index is 10.9. The third-order valence-electron chi connectivity index (χ3n) is 3.33. The molecule has 1 aromatic rings. The molecule has 0 spiro atoms. The van der Waals surface area contributed by atoms with Crippen molar-refractivity contribution in [1.29, 1.82) is 0 Å². The Hall–Kier alpha value is -1.29. The minimum absolute atomic E-state index is 0.243. The first kappa shape index (κ1) is 13.1. The number of rotatable bonds is 2. The number of carboxylic acid groups (broad SMARTS) is 1. The highest BCUT2D eigenvalue weighted by molar-refractivity contribution is 7.12. The Morgan fingerprint density at radius 2 is 2.17 bits per heavy atom. The molecule has 1 N–H and O–H groups in total. The van der Waals surface area contributed by atoms with Gasteiger partial charge in [0.2, 0.25) is 0 Å². The van der Waals surface area contributed by atoms with Crippen LogP contribution in [0.25, 0.3) is 0 Å². The Bertz CT molecular complexity index is 482. The molecule has 0 radical (unpaired) electrons. The summed E-state index contributed by atoms with van der Waals surface area (Å²) in [5.41, 5.74) is 2.77. The van der Waals surface area contributed by atoms with Crippen molar-refractivity contribution >= 4 is 23.0 Å². The zero-order valence-corrected chi connectivity index (χ0v) is 11.9. The van der Waals surface area contributed by atoms with Crippen molar-refractivity contribution < 1.29 is 9.90 Å². The molecule has 2 heterocycles. The van der Waals surface area contributed by atoms with Gasteiger partial charge < -0.3 is 10.0 Å². The molecular formula is C14H19NO2S. The highest BCUT2D eigenvalue weighted by atomic mass is 32.1. The smallest absolute Gasteiger partial charge is 0.345 e. The average Bonchev–Trinajstić information content (AvgIpc) is 2.77. The Morgan fingerprint density at radius 1 is 1.44 bits per heavy atom. The van der Waals surface area contributed by atoms with Gasteiger partial charge in [-0.15, -0.1) is 11.3 Å². The molecule has 0 saturated carbocycles. The Labute approximate surface area is 112 Å². The first-order valence-corrected chi connectivity index (χ1v) is 7.02. The molecule has 0 unspecified atom stereocenters. The second-order valence-electron chi connectivity index (χ2n) is 5.65. The first-order valence-electron chi connectivity index (χ1n) is 6.14. The third-order valence-corrected chi connectivity index (χ3v) is 4.24. The quantitative estimate of drug-likeness (QED) is 0.830. The predicted molar refractivity (Wildman–Crippen MR) is 75.6 cm³/mol. The molecule has 0 bridgehead atoms. The highest BCUT2D eigenvalue weighted by Crippen LogP contribution is 2.32. The van der Waals surface area contributed by atoms with Crippen LogP contribution >= 0.6 is 11.3 Å². The molecule has 98 valence electrons. The zero-order valence-electron chi connectivity index (χ0n) is 11.1. The number of nitrogens with zero attached hydrogens (tertiary/aromatic N) is 1. The fraction of sp³-hybridized carbons (Fsp3) is 0.500. The van der Waals surface area contributed by atoms with Gasteiger partial charge in [-0.25, -0.2) is 4.79 Å². The lowest BCUT2D eigenvalue weighted by Crippen LogP contribution is -2.30. The van der Waals surface area contributed by atoms with Crippen molar-refractivity contribution in [3.63, 3.8) is 0 Å². The summed E-state index contributed by atoms with van der Waals surface area (Å²) >= 11 is 1.30. The molecule has 4 heteroatoms. The van der Waals surface area contributed by atoms with Gasteiger partial charge in [0.15, 0.2) is 0 Å². The van der Waals surface area contributed by atoms with E-state index in [4.69, 9.17) is 5.11 Å². The maximum absolute atomic E-state index is 10.9. The fourth-order valence-corrected chi connectivity index (χ4v) is 2.94. The van der Waals surface area contributed by atoms with E-state index in [0.717, 1.165) is 25.2 Å². The summed E-state index contributed by atoms with van der Waals surface area (Å²) in [6.07, 6.45) is 3.34.